The number of hydrogen-bond acceptors (Lipinski definition) is 6. The predicted molar refractivity (Wildman–Crippen MR) is 108 cm³/mol. The molecular formula is C20H23N7O. The van der Waals surface area contributed by atoms with E-state index >= 15 is 0 Å². The van der Waals surface area contributed by atoms with Gasteiger partial charge in [-0.1, -0.05) is 13.8 Å². The number of carbonyl (C=O) groups excluding carboxylic acids is 1. The van der Waals surface area contributed by atoms with Gasteiger partial charge in [-0.05, 0) is 37.4 Å². The van der Waals surface area contributed by atoms with Crippen LogP contribution >= 0.6 is 0 Å². The zero-order chi connectivity index (χ0) is 19.9. The van der Waals surface area contributed by atoms with Crippen molar-refractivity contribution in [3.63, 3.8) is 0 Å². The van der Waals surface area contributed by atoms with Gasteiger partial charge in [0.05, 0.1) is 6.20 Å². The number of amides is 1. The first-order valence-corrected chi connectivity index (χ1v) is 9.26. The van der Waals surface area contributed by atoms with Crippen LogP contribution in [0.4, 0.5) is 11.5 Å². The molecule has 8 nitrogen and oxygen atoms in total. The third-order valence-electron chi connectivity index (χ3n) is 4.56. The summed E-state index contributed by atoms with van der Waals surface area (Å²) in [7, 11) is 0. The lowest BCUT2D eigenvalue weighted by Gasteiger charge is -2.18. The van der Waals surface area contributed by atoms with Crippen molar-refractivity contribution < 1.29 is 4.79 Å². The van der Waals surface area contributed by atoms with E-state index in [0.717, 1.165) is 25.3 Å². The van der Waals surface area contributed by atoms with Crippen molar-refractivity contribution >= 4 is 23.1 Å². The highest BCUT2D eigenvalue weighted by atomic mass is 16.1. The largest absolute Gasteiger partial charge is 0.351 e. The standard InChI is InChI=1S/C20H23N7O/c1-3-26(4-2)11-9-23-20(28)15-5-7-16(8-6-15)25-18-19-22-10-12-27(19)17(13-21)14-24-18/h5-8,10,12,14H,3-4,9,11H2,1-2H3,(H,23,28)(H,24,25). The fourth-order valence-electron chi connectivity index (χ4n) is 2.90. The smallest absolute Gasteiger partial charge is 0.251 e. The summed E-state index contributed by atoms with van der Waals surface area (Å²) in [4.78, 5) is 23.1. The number of carbonyl (C=O) groups is 1. The molecule has 0 aliphatic heterocycles. The summed E-state index contributed by atoms with van der Waals surface area (Å²) in [5, 5.41) is 15.3. The minimum atomic E-state index is -0.0918. The quantitative estimate of drug-likeness (QED) is 0.626. The van der Waals surface area contributed by atoms with E-state index in [1.165, 1.54) is 6.20 Å². The van der Waals surface area contributed by atoms with E-state index in [2.05, 4.69) is 45.4 Å². The van der Waals surface area contributed by atoms with Crippen LogP contribution in [0.15, 0.2) is 42.9 Å². The summed E-state index contributed by atoms with van der Waals surface area (Å²) in [6.07, 6.45) is 4.83. The van der Waals surface area contributed by atoms with E-state index in [-0.39, 0.29) is 5.91 Å². The van der Waals surface area contributed by atoms with Crippen molar-refractivity contribution in [1.29, 1.82) is 5.26 Å². The molecule has 2 heterocycles. The van der Waals surface area contributed by atoms with E-state index in [4.69, 9.17) is 5.26 Å². The number of hydrogen-bond donors (Lipinski definition) is 2. The van der Waals surface area contributed by atoms with Gasteiger partial charge in [-0.25, -0.2) is 9.97 Å². The molecule has 0 saturated carbocycles. The molecule has 0 spiro atoms. The molecule has 0 atom stereocenters. The first kappa shape index (κ1) is 19.3. The number of nitrogens with one attached hydrogen (secondary N) is 2. The van der Waals surface area contributed by atoms with Gasteiger partial charge in [0.1, 0.15) is 11.8 Å². The molecule has 144 valence electrons. The highest BCUT2D eigenvalue weighted by molar-refractivity contribution is 5.94. The molecule has 3 aromatic rings. The molecule has 28 heavy (non-hydrogen) atoms. The van der Waals surface area contributed by atoms with Crippen molar-refractivity contribution in [1.82, 2.24) is 24.6 Å². The molecule has 0 fully saturated rings. The summed E-state index contributed by atoms with van der Waals surface area (Å²) in [6, 6.07) is 9.25. The number of benzene rings is 1. The Morgan fingerprint density at radius 3 is 2.64 bits per heavy atom. The van der Waals surface area contributed by atoms with Crippen LogP contribution < -0.4 is 10.6 Å². The maximum Gasteiger partial charge on any atom is 0.251 e. The average molecular weight is 377 g/mol. The van der Waals surface area contributed by atoms with Gasteiger partial charge < -0.3 is 15.5 Å². The number of nitrogens with zero attached hydrogens (tertiary/aromatic N) is 5. The molecule has 1 amide bonds. The lowest BCUT2D eigenvalue weighted by molar-refractivity contribution is 0.0949. The lowest BCUT2D eigenvalue weighted by atomic mass is 10.2. The number of likely N-dealkylation sites (N-methyl/N-ethyl adjacent to an activating group) is 1. The molecule has 0 aliphatic carbocycles. The predicted octanol–water partition coefficient (Wildman–Crippen LogP) is 2.42. The summed E-state index contributed by atoms with van der Waals surface area (Å²) in [5.41, 5.74) is 2.36. The number of imidazole rings is 1. The number of fused-ring (bicyclic) bond motifs is 1. The third-order valence-corrected chi connectivity index (χ3v) is 4.56. The Bertz CT molecular complexity index is 984. The van der Waals surface area contributed by atoms with Crippen molar-refractivity contribution in [3.05, 3.63) is 54.1 Å². The van der Waals surface area contributed by atoms with Crippen LogP contribution in [0.2, 0.25) is 0 Å². The van der Waals surface area contributed by atoms with E-state index in [1.54, 1.807) is 28.9 Å². The van der Waals surface area contributed by atoms with Gasteiger partial charge in [-0.2, -0.15) is 5.26 Å². The van der Waals surface area contributed by atoms with Gasteiger partial charge >= 0.3 is 0 Å². The molecule has 8 heteroatoms. The molecule has 3 rings (SSSR count). The van der Waals surface area contributed by atoms with Crippen LogP contribution in [0.1, 0.15) is 29.9 Å². The fraction of sp³-hybridized carbons (Fsp3) is 0.300. The normalized spacial score (nSPS) is 10.8. The zero-order valence-electron chi connectivity index (χ0n) is 16.0. The number of rotatable bonds is 8. The Hall–Kier alpha value is -3.44. The van der Waals surface area contributed by atoms with Gasteiger partial charge in [0, 0.05) is 36.7 Å². The molecule has 0 bridgehead atoms. The van der Waals surface area contributed by atoms with Crippen LogP contribution in [-0.4, -0.2) is 51.4 Å². The van der Waals surface area contributed by atoms with Crippen molar-refractivity contribution in [3.8, 4) is 6.07 Å². The second kappa shape index (κ2) is 8.97. The first-order valence-electron chi connectivity index (χ1n) is 9.26. The van der Waals surface area contributed by atoms with Crippen LogP contribution in [0, 0.1) is 11.3 Å². The van der Waals surface area contributed by atoms with Crippen molar-refractivity contribution in [2.45, 2.75) is 13.8 Å². The van der Waals surface area contributed by atoms with Gasteiger partial charge in [-0.3, -0.25) is 9.20 Å². The Morgan fingerprint density at radius 1 is 1.21 bits per heavy atom. The maximum absolute atomic E-state index is 12.3. The summed E-state index contributed by atoms with van der Waals surface area (Å²) in [5.74, 6) is 0.450. The van der Waals surface area contributed by atoms with Crippen LogP contribution in [-0.2, 0) is 0 Å². The summed E-state index contributed by atoms with van der Waals surface area (Å²) >= 11 is 0. The summed E-state index contributed by atoms with van der Waals surface area (Å²) in [6.45, 7) is 7.62. The lowest BCUT2D eigenvalue weighted by Crippen LogP contribution is -2.34. The van der Waals surface area contributed by atoms with E-state index in [9.17, 15) is 4.79 Å². The van der Waals surface area contributed by atoms with Crippen molar-refractivity contribution in [2.24, 2.45) is 0 Å². The fourth-order valence-corrected chi connectivity index (χ4v) is 2.90. The third kappa shape index (κ3) is 4.27. The van der Waals surface area contributed by atoms with Gasteiger partial charge in [0.25, 0.3) is 5.91 Å². The highest BCUT2D eigenvalue weighted by Crippen LogP contribution is 2.20. The Morgan fingerprint density at radius 2 is 1.96 bits per heavy atom. The molecule has 2 N–H and O–H groups in total. The Labute approximate surface area is 163 Å². The molecule has 2 aromatic heterocycles. The Kier molecular flexibility index (Phi) is 6.19. The maximum atomic E-state index is 12.3. The van der Waals surface area contributed by atoms with Crippen LogP contribution in [0.25, 0.3) is 5.65 Å². The molecule has 0 radical (unpaired) electrons. The SMILES string of the molecule is CCN(CC)CCNC(=O)c1ccc(Nc2ncc(C#N)n3ccnc23)cc1. The minimum Gasteiger partial charge on any atom is -0.351 e. The molecule has 0 saturated heterocycles. The second-order valence-electron chi connectivity index (χ2n) is 6.21. The second-order valence-corrected chi connectivity index (χ2v) is 6.21. The van der Waals surface area contributed by atoms with E-state index < -0.39 is 0 Å². The molecule has 1 aromatic carbocycles. The Balaban J connectivity index is 1.64. The minimum absolute atomic E-state index is 0.0918. The zero-order valence-corrected chi connectivity index (χ0v) is 16.0. The molecule has 0 aliphatic rings. The van der Waals surface area contributed by atoms with E-state index in [0.29, 0.717) is 29.3 Å². The van der Waals surface area contributed by atoms with Crippen molar-refractivity contribution in [2.75, 3.05) is 31.5 Å². The number of nitriles is 1. The monoisotopic (exact) mass is 377 g/mol. The number of anilines is 2. The summed E-state index contributed by atoms with van der Waals surface area (Å²) < 4.78 is 1.67. The first-order chi connectivity index (χ1) is 13.7. The molecular weight excluding hydrogens is 354 g/mol. The molecule has 0 unspecified atom stereocenters. The average Bonchev–Trinajstić information content (AvgIpc) is 3.22. The van der Waals surface area contributed by atoms with E-state index in [1.807, 2.05) is 12.1 Å². The number of aromatic nitrogens is 3. The van der Waals surface area contributed by atoms with Gasteiger partial charge in [0.15, 0.2) is 11.5 Å². The van der Waals surface area contributed by atoms with Gasteiger partial charge in [-0.15, -0.1) is 0 Å². The highest BCUT2D eigenvalue weighted by Gasteiger charge is 2.10. The topological polar surface area (TPSA) is 98.4 Å². The van der Waals surface area contributed by atoms with Crippen LogP contribution in [0.5, 0.6) is 0 Å². The van der Waals surface area contributed by atoms with Gasteiger partial charge in [0.2, 0.25) is 0 Å². The van der Waals surface area contributed by atoms with Crippen LogP contribution in [0.3, 0.4) is 0 Å².